The van der Waals surface area contributed by atoms with Gasteiger partial charge in [-0.05, 0) is 16.3 Å². The number of halogens is 1. The normalized spacial score (nSPS) is 19.2. The average molecular weight is 203 g/mol. The van der Waals surface area contributed by atoms with Gasteiger partial charge in [0.15, 0.2) is 5.78 Å². The Morgan fingerprint density at radius 2 is 1.79 bits per heavy atom. The molecular formula is C12H7ClO. The van der Waals surface area contributed by atoms with E-state index in [1.165, 1.54) is 0 Å². The van der Waals surface area contributed by atoms with E-state index >= 15 is 0 Å². The Bertz CT molecular complexity index is 540. The summed E-state index contributed by atoms with van der Waals surface area (Å²) in [5.41, 5.74) is 1.71. The molecule has 0 aromatic heterocycles. The van der Waals surface area contributed by atoms with Crippen LogP contribution in [0.4, 0.5) is 0 Å². The fraction of sp³-hybridized carbons (Fsp3) is 0.0833. The molecule has 0 unspecified atom stereocenters. The zero-order valence-corrected chi connectivity index (χ0v) is 8.08. The lowest BCUT2D eigenvalue weighted by molar-refractivity contribution is 0.0994. The third kappa shape index (κ3) is 0.828. The van der Waals surface area contributed by atoms with Gasteiger partial charge < -0.3 is 0 Å². The second kappa shape index (κ2) is 2.58. The van der Waals surface area contributed by atoms with Crippen molar-refractivity contribution in [3.05, 3.63) is 47.5 Å². The third-order valence-corrected chi connectivity index (χ3v) is 3.14. The van der Waals surface area contributed by atoms with Crippen molar-refractivity contribution in [1.29, 1.82) is 0 Å². The first-order valence-corrected chi connectivity index (χ1v) is 4.92. The number of carbonyl (C=O) groups is 1. The highest BCUT2D eigenvalue weighted by Crippen LogP contribution is 2.39. The molecule has 1 aliphatic carbocycles. The van der Waals surface area contributed by atoms with Crippen LogP contribution in [0.25, 0.3) is 10.8 Å². The van der Waals surface area contributed by atoms with E-state index in [0.717, 1.165) is 21.9 Å². The molecule has 0 amide bonds. The number of hydrogen-bond acceptors (Lipinski definition) is 1. The SMILES string of the molecule is O=C1c2cccc3cccc(c23)[C@H]1Cl. The Balaban J connectivity index is 2.55. The Hall–Kier alpha value is -1.34. The van der Waals surface area contributed by atoms with Crippen molar-refractivity contribution in [3.63, 3.8) is 0 Å². The summed E-state index contributed by atoms with van der Waals surface area (Å²) >= 11 is 6.05. The predicted octanol–water partition coefficient (Wildman–Crippen LogP) is 3.32. The number of ketones is 1. The van der Waals surface area contributed by atoms with Gasteiger partial charge in [0.1, 0.15) is 5.38 Å². The molecular weight excluding hydrogens is 196 g/mol. The van der Waals surface area contributed by atoms with E-state index in [2.05, 4.69) is 0 Å². The first-order valence-electron chi connectivity index (χ1n) is 4.49. The highest BCUT2D eigenvalue weighted by molar-refractivity contribution is 6.39. The van der Waals surface area contributed by atoms with Crippen LogP contribution in [-0.4, -0.2) is 5.78 Å². The van der Waals surface area contributed by atoms with Gasteiger partial charge in [0.25, 0.3) is 0 Å². The molecule has 1 atom stereocenters. The maximum absolute atomic E-state index is 11.7. The largest absolute Gasteiger partial charge is 0.292 e. The lowest BCUT2D eigenvalue weighted by Gasteiger charge is -1.99. The van der Waals surface area contributed by atoms with Crippen LogP contribution in [0, 0.1) is 0 Å². The van der Waals surface area contributed by atoms with Crippen LogP contribution < -0.4 is 0 Å². The van der Waals surface area contributed by atoms with E-state index in [4.69, 9.17) is 11.6 Å². The Morgan fingerprint density at radius 1 is 1.07 bits per heavy atom. The number of rotatable bonds is 0. The van der Waals surface area contributed by atoms with Crippen molar-refractivity contribution in [2.75, 3.05) is 0 Å². The molecule has 2 aromatic carbocycles. The van der Waals surface area contributed by atoms with E-state index in [9.17, 15) is 4.79 Å². The second-order valence-electron chi connectivity index (χ2n) is 3.48. The van der Waals surface area contributed by atoms with Gasteiger partial charge in [0.2, 0.25) is 0 Å². The number of alkyl halides is 1. The monoisotopic (exact) mass is 202 g/mol. The predicted molar refractivity (Wildman–Crippen MR) is 56.9 cm³/mol. The third-order valence-electron chi connectivity index (χ3n) is 2.71. The molecule has 3 rings (SSSR count). The van der Waals surface area contributed by atoms with Crippen LogP contribution in [0.2, 0.25) is 0 Å². The minimum atomic E-state index is -0.490. The minimum Gasteiger partial charge on any atom is -0.292 e. The molecule has 0 bridgehead atoms. The van der Waals surface area contributed by atoms with E-state index < -0.39 is 5.38 Å². The summed E-state index contributed by atoms with van der Waals surface area (Å²) in [5.74, 6) is 0.0264. The topological polar surface area (TPSA) is 17.1 Å². The Labute approximate surface area is 86.3 Å². The van der Waals surface area contributed by atoms with Gasteiger partial charge in [-0.1, -0.05) is 36.4 Å². The van der Waals surface area contributed by atoms with Gasteiger partial charge in [0, 0.05) is 5.56 Å². The number of hydrogen-bond donors (Lipinski definition) is 0. The molecule has 0 saturated heterocycles. The van der Waals surface area contributed by atoms with Gasteiger partial charge in [-0.2, -0.15) is 0 Å². The van der Waals surface area contributed by atoms with Gasteiger partial charge >= 0.3 is 0 Å². The summed E-state index contributed by atoms with van der Waals surface area (Å²) < 4.78 is 0. The fourth-order valence-corrected chi connectivity index (χ4v) is 2.36. The summed E-state index contributed by atoms with van der Waals surface area (Å²) in [6, 6.07) is 11.6. The molecule has 0 aliphatic heterocycles. The molecule has 1 aliphatic rings. The van der Waals surface area contributed by atoms with E-state index in [0.29, 0.717) is 0 Å². The molecule has 0 spiro atoms. The summed E-state index contributed by atoms with van der Waals surface area (Å²) in [4.78, 5) is 11.7. The smallest absolute Gasteiger partial charge is 0.185 e. The molecule has 0 radical (unpaired) electrons. The van der Waals surface area contributed by atoms with Gasteiger partial charge in [-0.25, -0.2) is 0 Å². The number of benzene rings is 2. The second-order valence-corrected chi connectivity index (χ2v) is 3.91. The van der Waals surface area contributed by atoms with Crippen molar-refractivity contribution >= 4 is 28.2 Å². The highest BCUT2D eigenvalue weighted by Gasteiger charge is 2.30. The van der Waals surface area contributed by atoms with Crippen LogP contribution in [0.5, 0.6) is 0 Å². The summed E-state index contributed by atoms with van der Waals surface area (Å²) in [5, 5.41) is 1.63. The maximum atomic E-state index is 11.7. The highest BCUT2D eigenvalue weighted by atomic mass is 35.5. The lowest BCUT2D eigenvalue weighted by atomic mass is 10.1. The van der Waals surface area contributed by atoms with Crippen LogP contribution in [0.1, 0.15) is 21.3 Å². The summed E-state index contributed by atoms with van der Waals surface area (Å²) in [7, 11) is 0. The molecule has 0 saturated carbocycles. The number of Topliss-reactive ketones (excluding diaryl/α,β-unsaturated/α-hetero) is 1. The average Bonchev–Trinajstić information content (AvgIpc) is 2.47. The molecule has 68 valence electrons. The molecule has 0 fully saturated rings. The zero-order chi connectivity index (χ0) is 9.71. The van der Waals surface area contributed by atoms with E-state index in [1.807, 2.05) is 36.4 Å². The van der Waals surface area contributed by atoms with Gasteiger partial charge in [-0.15, -0.1) is 11.6 Å². The molecule has 0 N–H and O–H groups in total. The van der Waals surface area contributed by atoms with Crippen molar-refractivity contribution in [3.8, 4) is 0 Å². The summed E-state index contributed by atoms with van der Waals surface area (Å²) in [6.07, 6.45) is 0. The van der Waals surface area contributed by atoms with Gasteiger partial charge in [-0.3, -0.25) is 4.79 Å². The van der Waals surface area contributed by atoms with E-state index in [1.54, 1.807) is 0 Å². The van der Waals surface area contributed by atoms with Crippen molar-refractivity contribution < 1.29 is 4.79 Å². The molecule has 14 heavy (non-hydrogen) atoms. The lowest BCUT2D eigenvalue weighted by Crippen LogP contribution is -1.97. The standard InChI is InChI=1S/C12H7ClO/c13-11-8-5-1-3-7-4-2-6-9(10(7)8)12(11)14/h1-6,11H/t11-/m1/s1. The summed E-state index contributed by atoms with van der Waals surface area (Å²) in [6.45, 7) is 0. The Kier molecular flexibility index (Phi) is 1.48. The van der Waals surface area contributed by atoms with Crippen molar-refractivity contribution in [1.82, 2.24) is 0 Å². The minimum absolute atomic E-state index is 0.0264. The quantitative estimate of drug-likeness (QED) is 0.599. The van der Waals surface area contributed by atoms with Crippen LogP contribution in [0.15, 0.2) is 36.4 Å². The number of carbonyl (C=O) groups excluding carboxylic acids is 1. The first-order chi connectivity index (χ1) is 6.79. The van der Waals surface area contributed by atoms with Crippen LogP contribution >= 0.6 is 11.6 Å². The molecule has 0 heterocycles. The van der Waals surface area contributed by atoms with Crippen molar-refractivity contribution in [2.45, 2.75) is 5.38 Å². The molecule has 2 heteroatoms. The maximum Gasteiger partial charge on any atom is 0.185 e. The van der Waals surface area contributed by atoms with Crippen molar-refractivity contribution in [2.24, 2.45) is 0 Å². The van der Waals surface area contributed by atoms with Crippen LogP contribution in [-0.2, 0) is 0 Å². The molecule has 2 aromatic rings. The molecule has 1 nitrogen and oxygen atoms in total. The Morgan fingerprint density at radius 3 is 2.57 bits per heavy atom. The van der Waals surface area contributed by atoms with E-state index in [-0.39, 0.29) is 5.78 Å². The first kappa shape index (κ1) is 8.01. The fourth-order valence-electron chi connectivity index (χ4n) is 2.06. The zero-order valence-electron chi connectivity index (χ0n) is 7.33. The van der Waals surface area contributed by atoms with Crippen LogP contribution in [0.3, 0.4) is 0 Å². The van der Waals surface area contributed by atoms with Gasteiger partial charge in [0.05, 0.1) is 0 Å².